The molecule has 0 atom stereocenters. The van der Waals surface area contributed by atoms with E-state index < -0.39 is 15.4 Å². The van der Waals surface area contributed by atoms with E-state index in [9.17, 15) is 13.2 Å². The van der Waals surface area contributed by atoms with Crippen LogP contribution in [0.4, 0.5) is 5.69 Å². The van der Waals surface area contributed by atoms with Gasteiger partial charge in [0.1, 0.15) is 0 Å². The van der Waals surface area contributed by atoms with E-state index in [1.165, 1.54) is 37.7 Å². The maximum absolute atomic E-state index is 12.8. The summed E-state index contributed by atoms with van der Waals surface area (Å²) in [5.74, 6) is 0.666. The molecule has 3 aliphatic rings. The normalized spacial score (nSPS) is 20.8. The molecule has 6 heteroatoms. The maximum atomic E-state index is 12.8. The Morgan fingerprint density at radius 1 is 0.839 bits per heavy atom. The van der Waals surface area contributed by atoms with Crippen LogP contribution < -0.4 is 10.0 Å². The molecule has 5 rings (SSSR count). The molecule has 0 aliphatic heterocycles. The molecule has 2 aromatic carbocycles. The molecule has 0 saturated heterocycles. The topological polar surface area (TPSA) is 75.3 Å². The third kappa shape index (κ3) is 4.36. The van der Waals surface area contributed by atoms with Crippen molar-refractivity contribution in [1.82, 2.24) is 5.32 Å². The monoisotopic (exact) mass is 438 g/mol. The van der Waals surface area contributed by atoms with E-state index in [0.29, 0.717) is 17.6 Å². The molecular weight excluding hydrogens is 408 g/mol. The van der Waals surface area contributed by atoms with Gasteiger partial charge in [0, 0.05) is 11.7 Å². The summed E-state index contributed by atoms with van der Waals surface area (Å²) >= 11 is 0. The van der Waals surface area contributed by atoms with Crippen LogP contribution in [0.2, 0.25) is 0 Å². The van der Waals surface area contributed by atoms with Gasteiger partial charge in [0.25, 0.3) is 10.0 Å². The van der Waals surface area contributed by atoms with E-state index >= 15 is 0 Å². The molecule has 3 aliphatic carbocycles. The zero-order valence-electron chi connectivity index (χ0n) is 17.8. The minimum Gasteiger partial charge on any atom is -0.353 e. The Hall–Kier alpha value is -2.34. The van der Waals surface area contributed by atoms with Gasteiger partial charge >= 0.3 is 0 Å². The number of carbonyl (C=O) groups excluding carboxylic acids is 1. The predicted octanol–water partition coefficient (Wildman–Crippen LogP) is 4.85. The summed E-state index contributed by atoms with van der Waals surface area (Å²) in [6.45, 7) is 0. The first-order chi connectivity index (χ1) is 15.0. The fourth-order valence-electron chi connectivity index (χ4n) is 4.75. The molecule has 164 valence electrons. The zero-order chi connectivity index (χ0) is 21.5. The van der Waals surface area contributed by atoms with E-state index in [2.05, 4.69) is 10.0 Å². The first kappa shape index (κ1) is 20.6. The Morgan fingerprint density at radius 3 is 2.06 bits per heavy atom. The summed E-state index contributed by atoms with van der Waals surface area (Å²) in [5.41, 5.74) is 2.29. The number of sulfonamides is 1. The van der Waals surface area contributed by atoms with Gasteiger partial charge in [-0.3, -0.25) is 9.52 Å². The Labute approximate surface area is 184 Å². The number of benzene rings is 2. The molecule has 2 N–H and O–H groups in total. The summed E-state index contributed by atoms with van der Waals surface area (Å²) in [6.07, 6.45) is 10.0. The van der Waals surface area contributed by atoms with Gasteiger partial charge in [-0.2, -0.15) is 0 Å². The van der Waals surface area contributed by atoms with Crippen molar-refractivity contribution < 1.29 is 13.2 Å². The highest BCUT2D eigenvalue weighted by molar-refractivity contribution is 7.92. The van der Waals surface area contributed by atoms with Gasteiger partial charge in [-0.05, 0) is 79.8 Å². The average molecular weight is 439 g/mol. The van der Waals surface area contributed by atoms with Crippen molar-refractivity contribution in [2.24, 2.45) is 0 Å². The molecule has 5 nitrogen and oxygen atoms in total. The number of amides is 1. The standard InChI is InChI=1S/C25H30N2O3S/c28-24(26-21-12-13-21)25(16-17-25)20-8-10-22(11-9-20)27-31(29,30)23-14-6-19(7-15-23)18-4-2-1-3-5-18/h6-11,14-15,18,21,27H,1-5,12-13,16-17H2,(H,26,28). The molecule has 1 amide bonds. The second kappa shape index (κ2) is 7.97. The van der Waals surface area contributed by atoms with Gasteiger partial charge in [0.2, 0.25) is 5.91 Å². The predicted molar refractivity (Wildman–Crippen MR) is 122 cm³/mol. The van der Waals surface area contributed by atoms with Crippen molar-refractivity contribution in [3.8, 4) is 0 Å². The maximum Gasteiger partial charge on any atom is 0.261 e. The first-order valence-corrected chi connectivity index (χ1v) is 13.0. The number of hydrogen-bond acceptors (Lipinski definition) is 3. The Morgan fingerprint density at radius 2 is 1.48 bits per heavy atom. The summed E-state index contributed by atoms with van der Waals surface area (Å²) in [5, 5.41) is 3.11. The van der Waals surface area contributed by atoms with E-state index in [1.54, 1.807) is 24.3 Å². The van der Waals surface area contributed by atoms with Crippen molar-refractivity contribution in [2.45, 2.75) is 80.1 Å². The van der Waals surface area contributed by atoms with Crippen LogP contribution in [0.3, 0.4) is 0 Å². The fraction of sp³-hybridized carbons (Fsp3) is 0.480. The Kier molecular flexibility index (Phi) is 5.29. The molecule has 0 radical (unpaired) electrons. The van der Waals surface area contributed by atoms with Crippen molar-refractivity contribution in [2.75, 3.05) is 4.72 Å². The van der Waals surface area contributed by atoms with Gasteiger partial charge in [0.15, 0.2) is 0 Å². The van der Waals surface area contributed by atoms with Crippen molar-refractivity contribution in [3.05, 3.63) is 59.7 Å². The molecule has 0 spiro atoms. The molecule has 3 saturated carbocycles. The van der Waals surface area contributed by atoms with Crippen LogP contribution in [0.5, 0.6) is 0 Å². The van der Waals surface area contributed by atoms with Crippen LogP contribution in [0.25, 0.3) is 0 Å². The van der Waals surface area contributed by atoms with E-state index in [0.717, 1.165) is 31.2 Å². The van der Waals surface area contributed by atoms with Gasteiger partial charge in [-0.1, -0.05) is 43.5 Å². The first-order valence-electron chi connectivity index (χ1n) is 11.5. The van der Waals surface area contributed by atoms with Gasteiger partial charge in [0.05, 0.1) is 10.3 Å². The largest absolute Gasteiger partial charge is 0.353 e. The second-order valence-corrected chi connectivity index (χ2v) is 11.1. The quantitative estimate of drug-likeness (QED) is 0.649. The molecule has 3 fully saturated rings. The van der Waals surface area contributed by atoms with Gasteiger partial charge < -0.3 is 5.32 Å². The van der Waals surface area contributed by atoms with E-state index in [-0.39, 0.29) is 10.8 Å². The number of anilines is 1. The molecule has 0 heterocycles. The molecular formula is C25H30N2O3S. The number of rotatable bonds is 7. The minimum absolute atomic E-state index is 0.112. The Bertz CT molecular complexity index is 1050. The fourth-order valence-corrected chi connectivity index (χ4v) is 5.81. The average Bonchev–Trinajstić information content (AvgIpc) is 3.70. The third-order valence-electron chi connectivity index (χ3n) is 7.05. The minimum atomic E-state index is -3.65. The zero-order valence-corrected chi connectivity index (χ0v) is 18.6. The lowest BCUT2D eigenvalue weighted by molar-refractivity contribution is -0.123. The lowest BCUT2D eigenvalue weighted by atomic mass is 9.84. The van der Waals surface area contributed by atoms with E-state index in [4.69, 9.17) is 0 Å². The van der Waals surface area contributed by atoms with Gasteiger partial charge in [-0.15, -0.1) is 0 Å². The summed E-state index contributed by atoms with van der Waals surface area (Å²) in [7, 11) is -3.65. The van der Waals surface area contributed by atoms with Gasteiger partial charge in [-0.25, -0.2) is 8.42 Å². The molecule has 0 unspecified atom stereocenters. The van der Waals surface area contributed by atoms with Crippen molar-refractivity contribution in [3.63, 3.8) is 0 Å². The molecule has 31 heavy (non-hydrogen) atoms. The lowest BCUT2D eigenvalue weighted by Crippen LogP contribution is -2.36. The Balaban J connectivity index is 1.26. The SMILES string of the molecule is O=C(NC1CC1)C1(c2ccc(NS(=O)(=O)c3ccc(C4CCCCC4)cc3)cc2)CC1. The van der Waals surface area contributed by atoms with E-state index in [1.807, 2.05) is 24.3 Å². The summed E-state index contributed by atoms with van der Waals surface area (Å²) < 4.78 is 28.4. The third-order valence-corrected chi connectivity index (χ3v) is 8.45. The molecule has 2 aromatic rings. The van der Waals surface area contributed by atoms with Crippen LogP contribution in [0.1, 0.15) is 74.8 Å². The molecule has 0 aromatic heterocycles. The summed E-state index contributed by atoms with van der Waals surface area (Å²) in [4.78, 5) is 12.9. The highest BCUT2D eigenvalue weighted by Gasteiger charge is 2.52. The van der Waals surface area contributed by atoms with Crippen LogP contribution >= 0.6 is 0 Å². The smallest absolute Gasteiger partial charge is 0.261 e. The number of carbonyl (C=O) groups is 1. The van der Waals surface area contributed by atoms with Crippen LogP contribution in [-0.2, 0) is 20.2 Å². The van der Waals surface area contributed by atoms with Crippen LogP contribution in [0.15, 0.2) is 53.4 Å². The highest BCUT2D eigenvalue weighted by Crippen LogP contribution is 2.49. The molecule has 0 bridgehead atoms. The van der Waals surface area contributed by atoms with Crippen LogP contribution in [-0.4, -0.2) is 20.4 Å². The van der Waals surface area contributed by atoms with Crippen molar-refractivity contribution in [1.29, 1.82) is 0 Å². The van der Waals surface area contributed by atoms with Crippen LogP contribution in [0, 0.1) is 0 Å². The van der Waals surface area contributed by atoms with Crippen molar-refractivity contribution >= 4 is 21.6 Å². The number of nitrogens with one attached hydrogen (secondary N) is 2. The highest BCUT2D eigenvalue weighted by atomic mass is 32.2. The number of hydrogen-bond donors (Lipinski definition) is 2. The lowest BCUT2D eigenvalue weighted by Gasteiger charge is -2.22. The second-order valence-electron chi connectivity index (χ2n) is 9.42. The summed E-state index contributed by atoms with van der Waals surface area (Å²) in [6, 6.07) is 15.0.